The number of aryl methyl sites for hydroxylation is 2. The largest absolute Gasteiger partial charge is 0.416 e. The van der Waals surface area contributed by atoms with Gasteiger partial charge in [-0.2, -0.15) is 18.3 Å². The van der Waals surface area contributed by atoms with Crippen molar-refractivity contribution in [2.45, 2.75) is 52.9 Å². The number of aromatic nitrogens is 2. The van der Waals surface area contributed by atoms with Gasteiger partial charge >= 0.3 is 6.18 Å². The molecule has 1 heterocycles. The molecule has 154 valence electrons. The van der Waals surface area contributed by atoms with E-state index in [0.29, 0.717) is 25.6 Å². The Morgan fingerprint density at radius 2 is 1.75 bits per heavy atom. The molecule has 0 bridgehead atoms. The summed E-state index contributed by atoms with van der Waals surface area (Å²) < 4.78 is 39.9. The van der Waals surface area contributed by atoms with E-state index in [0.717, 1.165) is 36.2 Å². The minimum Gasteiger partial charge on any atom is -0.357 e. The number of guanidine groups is 1. The lowest BCUT2D eigenvalue weighted by Crippen LogP contribution is -2.37. The normalized spacial score (nSPS) is 12.3. The molecule has 0 unspecified atom stereocenters. The topological polar surface area (TPSA) is 54.2 Å². The van der Waals surface area contributed by atoms with Gasteiger partial charge in [0.25, 0.3) is 0 Å². The lowest BCUT2D eigenvalue weighted by atomic mass is 10.1. The summed E-state index contributed by atoms with van der Waals surface area (Å²) in [4.78, 5) is 4.49. The van der Waals surface area contributed by atoms with Crippen molar-refractivity contribution in [3.8, 4) is 0 Å². The quantitative estimate of drug-likeness (QED) is 0.554. The Labute approximate surface area is 164 Å². The molecule has 2 aromatic rings. The molecule has 0 fully saturated rings. The fourth-order valence-electron chi connectivity index (χ4n) is 3.08. The number of nitrogens with zero attached hydrogens (tertiary/aromatic N) is 3. The second kappa shape index (κ2) is 9.61. The first kappa shape index (κ1) is 21.8. The zero-order valence-electron chi connectivity index (χ0n) is 16.8. The summed E-state index contributed by atoms with van der Waals surface area (Å²) in [5.74, 6) is 0.621. The first-order valence-corrected chi connectivity index (χ1v) is 9.52. The number of halogens is 3. The standard InChI is InChI=1S/C20H28F3N5/c1-5-17-16(18(6-2)28(4)27-17)13-26-19(24-7-3)25-12-14-8-10-15(11-9-14)20(21,22)23/h8-11H,5-7,12-13H2,1-4H3,(H2,24,25,26). The highest BCUT2D eigenvalue weighted by Crippen LogP contribution is 2.29. The monoisotopic (exact) mass is 395 g/mol. The minimum absolute atomic E-state index is 0.293. The van der Waals surface area contributed by atoms with Crippen LogP contribution in [0.4, 0.5) is 13.2 Å². The summed E-state index contributed by atoms with van der Waals surface area (Å²) in [5, 5.41) is 11.1. The third-order valence-corrected chi connectivity index (χ3v) is 4.51. The van der Waals surface area contributed by atoms with Crippen molar-refractivity contribution in [1.29, 1.82) is 0 Å². The van der Waals surface area contributed by atoms with Gasteiger partial charge in [-0.1, -0.05) is 26.0 Å². The Kier molecular flexibility index (Phi) is 7.48. The van der Waals surface area contributed by atoms with Gasteiger partial charge in [0.05, 0.1) is 17.8 Å². The van der Waals surface area contributed by atoms with E-state index in [1.54, 1.807) is 0 Å². The smallest absolute Gasteiger partial charge is 0.357 e. The Bertz CT molecular complexity index is 791. The Morgan fingerprint density at radius 1 is 1.07 bits per heavy atom. The molecule has 28 heavy (non-hydrogen) atoms. The maximum absolute atomic E-state index is 12.7. The number of nitrogens with one attached hydrogen (secondary N) is 2. The van der Waals surface area contributed by atoms with Crippen LogP contribution in [0.3, 0.4) is 0 Å². The Hall–Kier alpha value is -2.51. The van der Waals surface area contributed by atoms with Gasteiger partial charge in [0.15, 0.2) is 5.96 Å². The van der Waals surface area contributed by atoms with Crippen LogP contribution in [0.15, 0.2) is 29.3 Å². The lowest BCUT2D eigenvalue weighted by molar-refractivity contribution is -0.137. The predicted molar refractivity (Wildman–Crippen MR) is 105 cm³/mol. The van der Waals surface area contributed by atoms with Crippen molar-refractivity contribution < 1.29 is 13.2 Å². The Morgan fingerprint density at radius 3 is 2.29 bits per heavy atom. The average Bonchev–Trinajstić information content (AvgIpc) is 2.98. The van der Waals surface area contributed by atoms with Gasteiger partial charge in [-0.05, 0) is 37.5 Å². The van der Waals surface area contributed by atoms with Crippen LogP contribution in [-0.4, -0.2) is 22.3 Å². The first-order valence-electron chi connectivity index (χ1n) is 9.52. The van der Waals surface area contributed by atoms with Crippen molar-refractivity contribution in [2.24, 2.45) is 12.0 Å². The molecule has 0 aliphatic heterocycles. The molecule has 0 saturated carbocycles. The average molecular weight is 395 g/mol. The minimum atomic E-state index is -4.32. The molecule has 0 atom stereocenters. The molecule has 0 saturated heterocycles. The van der Waals surface area contributed by atoms with E-state index in [9.17, 15) is 13.2 Å². The second-order valence-electron chi connectivity index (χ2n) is 6.45. The highest BCUT2D eigenvalue weighted by Gasteiger charge is 2.29. The summed E-state index contributed by atoms with van der Waals surface area (Å²) in [6, 6.07) is 5.09. The summed E-state index contributed by atoms with van der Waals surface area (Å²) in [7, 11) is 1.95. The lowest BCUT2D eigenvalue weighted by Gasteiger charge is -2.13. The number of hydrogen-bond donors (Lipinski definition) is 2. The van der Waals surface area contributed by atoms with Crippen molar-refractivity contribution >= 4 is 5.96 Å². The van der Waals surface area contributed by atoms with Gasteiger partial charge in [-0.25, -0.2) is 4.99 Å². The third kappa shape index (κ3) is 5.50. The van der Waals surface area contributed by atoms with Gasteiger partial charge in [0.1, 0.15) is 0 Å². The van der Waals surface area contributed by atoms with Crippen molar-refractivity contribution in [1.82, 2.24) is 20.4 Å². The molecule has 0 spiro atoms. The molecule has 8 heteroatoms. The van der Waals surface area contributed by atoms with Crippen molar-refractivity contribution in [2.75, 3.05) is 6.54 Å². The van der Waals surface area contributed by atoms with E-state index in [1.807, 2.05) is 18.7 Å². The van der Waals surface area contributed by atoms with Crippen LogP contribution in [0.2, 0.25) is 0 Å². The van der Waals surface area contributed by atoms with Crippen molar-refractivity contribution in [3.05, 3.63) is 52.3 Å². The van der Waals surface area contributed by atoms with E-state index in [-0.39, 0.29) is 0 Å². The van der Waals surface area contributed by atoms with E-state index < -0.39 is 11.7 Å². The van der Waals surface area contributed by atoms with Gasteiger partial charge in [-0.3, -0.25) is 4.68 Å². The van der Waals surface area contributed by atoms with Crippen LogP contribution in [-0.2, 0) is 39.2 Å². The van der Waals surface area contributed by atoms with Crippen LogP contribution >= 0.6 is 0 Å². The molecule has 2 N–H and O–H groups in total. The SMILES string of the molecule is CCNC(=NCc1ccc(C(F)(F)F)cc1)NCc1c(CC)nn(C)c1CC. The number of hydrogen-bond acceptors (Lipinski definition) is 2. The van der Waals surface area contributed by atoms with Gasteiger partial charge in [0.2, 0.25) is 0 Å². The number of benzene rings is 1. The zero-order chi connectivity index (χ0) is 20.7. The maximum Gasteiger partial charge on any atom is 0.416 e. The fourth-order valence-corrected chi connectivity index (χ4v) is 3.08. The fraction of sp³-hybridized carbons (Fsp3) is 0.500. The first-order chi connectivity index (χ1) is 13.3. The molecule has 0 aliphatic carbocycles. The molecule has 2 rings (SSSR count). The van der Waals surface area contributed by atoms with Crippen LogP contribution in [0, 0.1) is 0 Å². The molecule has 0 amide bonds. The third-order valence-electron chi connectivity index (χ3n) is 4.51. The van der Waals surface area contributed by atoms with Gasteiger partial charge < -0.3 is 10.6 Å². The second-order valence-corrected chi connectivity index (χ2v) is 6.45. The van der Waals surface area contributed by atoms with Gasteiger partial charge in [-0.15, -0.1) is 0 Å². The molecular formula is C20H28F3N5. The molecule has 0 radical (unpaired) electrons. The molecule has 1 aromatic heterocycles. The summed E-state index contributed by atoms with van der Waals surface area (Å²) in [6.45, 7) is 7.72. The maximum atomic E-state index is 12.7. The number of alkyl halides is 3. The van der Waals surface area contributed by atoms with E-state index in [2.05, 4.69) is 34.6 Å². The Balaban J connectivity index is 2.09. The molecule has 5 nitrogen and oxygen atoms in total. The van der Waals surface area contributed by atoms with E-state index >= 15 is 0 Å². The van der Waals surface area contributed by atoms with Crippen LogP contribution < -0.4 is 10.6 Å². The highest BCUT2D eigenvalue weighted by atomic mass is 19.4. The number of rotatable bonds is 7. The van der Waals surface area contributed by atoms with Crippen LogP contribution in [0.5, 0.6) is 0 Å². The van der Waals surface area contributed by atoms with Crippen LogP contribution in [0.25, 0.3) is 0 Å². The number of aliphatic imine (C=N–C) groups is 1. The van der Waals surface area contributed by atoms with E-state index in [1.165, 1.54) is 23.4 Å². The highest BCUT2D eigenvalue weighted by molar-refractivity contribution is 5.79. The van der Waals surface area contributed by atoms with Gasteiger partial charge in [0, 0.05) is 31.4 Å². The summed E-state index contributed by atoms with van der Waals surface area (Å²) >= 11 is 0. The molecule has 1 aromatic carbocycles. The van der Waals surface area contributed by atoms with E-state index in [4.69, 9.17) is 0 Å². The summed E-state index contributed by atoms with van der Waals surface area (Å²) in [5.41, 5.74) is 3.48. The molecular weight excluding hydrogens is 367 g/mol. The zero-order valence-corrected chi connectivity index (χ0v) is 16.8. The van der Waals surface area contributed by atoms with Crippen molar-refractivity contribution in [3.63, 3.8) is 0 Å². The summed E-state index contributed by atoms with van der Waals surface area (Å²) in [6.07, 6.45) is -2.58. The predicted octanol–water partition coefficient (Wildman–Crippen LogP) is 3.82. The molecule has 0 aliphatic rings. The van der Waals surface area contributed by atoms with Crippen LogP contribution in [0.1, 0.15) is 48.8 Å².